The highest BCUT2D eigenvalue weighted by molar-refractivity contribution is 7.09. The van der Waals surface area contributed by atoms with Gasteiger partial charge in [0.15, 0.2) is 0 Å². The van der Waals surface area contributed by atoms with Gasteiger partial charge in [-0.2, -0.15) is 0 Å². The zero-order valence-corrected chi connectivity index (χ0v) is 11.5. The molecule has 1 aromatic rings. The molecule has 3 atom stereocenters. The first-order chi connectivity index (χ1) is 8.07. The van der Waals surface area contributed by atoms with Crippen LogP contribution in [0.2, 0.25) is 0 Å². The van der Waals surface area contributed by atoms with Crippen LogP contribution in [0.1, 0.15) is 49.4 Å². The van der Waals surface area contributed by atoms with E-state index in [0.717, 1.165) is 23.5 Å². The van der Waals surface area contributed by atoms with Crippen molar-refractivity contribution in [1.29, 1.82) is 0 Å². The van der Waals surface area contributed by atoms with Crippen molar-refractivity contribution in [3.63, 3.8) is 0 Å². The molecule has 0 amide bonds. The van der Waals surface area contributed by atoms with E-state index in [1.807, 2.05) is 12.3 Å². The molecule has 1 fully saturated rings. The van der Waals surface area contributed by atoms with Gasteiger partial charge in [0.05, 0.1) is 10.7 Å². The molecule has 0 radical (unpaired) electrons. The molecule has 0 aliphatic heterocycles. The Morgan fingerprint density at radius 2 is 2.47 bits per heavy atom. The number of hydrogen-bond donors (Lipinski definition) is 2. The van der Waals surface area contributed by atoms with Crippen molar-refractivity contribution >= 4 is 11.3 Å². The Hall–Kier alpha value is -0.450. The topological polar surface area (TPSA) is 59.1 Å². The summed E-state index contributed by atoms with van der Waals surface area (Å²) in [5, 5.41) is 13.6. The van der Waals surface area contributed by atoms with Crippen molar-refractivity contribution in [2.75, 3.05) is 6.54 Å². The number of aryl methyl sites for hydroxylation is 1. The Kier molecular flexibility index (Phi) is 3.85. The second kappa shape index (κ2) is 5.04. The largest absolute Gasteiger partial charge is 0.386 e. The van der Waals surface area contributed by atoms with E-state index in [4.69, 9.17) is 5.73 Å². The summed E-state index contributed by atoms with van der Waals surface area (Å²) in [6.45, 7) is 4.77. The third-order valence-electron chi connectivity index (χ3n) is 4.03. The summed E-state index contributed by atoms with van der Waals surface area (Å²) in [4.78, 5) is 4.42. The molecule has 96 valence electrons. The molecular weight excluding hydrogens is 232 g/mol. The molecule has 0 aromatic carbocycles. The molecule has 4 heteroatoms. The molecule has 1 saturated carbocycles. The minimum atomic E-state index is -0.500. The normalized spacial score (nSPS) is 31.4. The van der Waals surface area contributed by atoms with Gasteiger partial charge in [-0.1, -0.05) is 19.8 Å². The van der Waals surface area contributed by atoms with Crippen LogP contribution in [0, 0.1) is 18.3 Å². The summed E-state index contributed by atoms with van der Waals surface area (Å²) in [7, 11) is 0. The molecule has 0 saturated heterocycles. The fraction of sp³-hybridized carbons (Fsp3) is 0.769. The predicted octanol–water partition coefficient (Wildman–Crippen LogP) is 2.64. The number of nitrogens with two attached hydrogens (primary N) is 1. The molecule has 0 spiro atoms. The van der Waals surface area contributed by atoms with Crippen LogP contribution < -0.4 is 5.73 Å². The zero-order chi connectivity index (χ0) is 12.5. The van der Waals surface area contributed by atoms with Gasteiger partial charge in [-0.3, -0.25) is 0 Å². The number of hydrogen-bond acceptors (Lipinski definition) is 4. The molecule has 1 aliphatic carbocycles. The van der Waals surface area contributed by atoms with Crippen molar-refractivity contribution in [2.24, 2.45) is 17.1 Å². The lowest BCUT2D eigenvalue weighted by Gasteiger charge is -2.42. The molecule has 3 unspecified atom stereocenters. The summed E-state index contributed by atoms with van der Waals surface area (Å²) >= 11 is 1.59. The van der Waals surface area contributed by atoms with E-state index in [1.54, 1.807) is 11.3 Å². The first-order valence-electron chi connectivity index (χ1n) is 6.37. The Morgan fingerprint density at radius 1 is 1.71 bits per heavy atom. The zero-order valence-electron chi connectivity index (χ0n) is 10.6. The van der Waals surface area contributed by atoms with Gasteiger partial charge in [-0.05, 0) is 25.7 Å². The van der Waals surface area contributed by atoms with E-state index in [1.165, 1.54) is 12.8 Å². The van der Waals surface area contributed by atoms with Crippen molar-refractivity contribution in [3.05, 3.63) is 16.1 Å². The van der Waals surface area contributed by atoms with Gasteiger partial charge in [0.1, 0.15) is 6.10 Å². The fourth-order valence-electron chi connectivity index (χ4n) is 3.07. The van der Waals surface area contributed by atoms with Crippen LogP contribution in [0.15, 0.2) is 5.38 Å². The minimum Gasteiger partial charge on any atom is -0.386 e. The highest BCUT2D eigenvalue weighted by Crippen LogP contribution is 2.47. The van der Waals surface area contributed by atoms with Crippen molar-refractivity contribution in [3.8, 4) is 0 Å². The van der Waals surface area contributed by atoms with E-state index >= 15 is 0 Å². The molecule has 1 heterocycles. The van der Waals surface area contributed by atoms with Gasteiger partial charge in [-0.25, -0.2) is 4.98 Å². The van der Waals surface area contributed by atoms with Crippen LogP contribution in [0.25, 0.3) is 0 Å². The molecular formula is C13H22N2OS. The summed E-state index contributed by atoms with van der Waals surface area (Å²) in [6.07, 6.45) is 3.95. The summed E-state index contributed by atoms with van der Waals surface area (Å²) in [5.74, 6) is 0.654. The second-order valence-electron chi connectivity index (χ2n) is 5.46. The molecule has 3 nitrogen and oxygen atoms in total. The average molecular weight is 254 g/mol. The fourth-order valence-corrected chi connectivity index (χ4v) is 3.70. The maximum Gasteiger partial charge on any atom is 0.104 e. The van der Waals surface area contributed by atoms with E-state index in [-0.39, 0.29) is 5.41 Å². The molecule has 1 aromatic heterocycles. The number of rotatable bonds is 3. The Balaban J connectivity index is 2.22. The highest BCUT2D eigenvalue weighted by Gasteiger charge is 2.41. The van der Waals surface area contributed by atoms with Crippen LogP contribution in [0.3, 0.4) is 0 Å². The maximum atomic E-state index is 10.6. The van der Waals surface area contributed by atoms with Crippen molar-refractivity contribution < 1.29 is 5.11 Å². The monoisotopic (exact) mass is 254 g/mol. The van der Waals surface area contributed by atoms with E-state index < -0.39 is 6.10 Å². The number of aromatic nitrogens is 1. The number of aliphatic hydroxyl groups excluding tert-OH is 1. The molecule has 3 N–H and O–H groups in total. The second-order valence-corrected chi connectivity index (χ2v) is 6.52. The molecule has 2 rings (SSSR count). The Labute approximate surface area is 107 Å². The van der Waals surface area contributed by atoms with Crippen LogP contribution >= 0.6 is 11.3 Å². The van der Waals surface area contributed by atoms with E-state index in [0.29, 0.717) is 12.5 Å². The lowest BCUT2D eigenvalue weighted by atomic mass is 9.66. The number of aliphatic hydroxyl groups is 1. The lowest BCUT2D eigenvalue weighted by Crippen LogP contribution is -2.40. The van der Waals surface area contributed by atoms with Gasteiger partial charge in [-0.15, -0.1) is 11.3 Å². The van der Waals surface area contributed by atoms with Crippen LogP contribution in [-0.4, -0.2) is 16.6 Å². The van der Waals surface area contributed by atoms with E-state index in [9.17, 15) is 5.11 Å². The van der Waals surface area contributed by atoms with Crippen LogP contribution in [-0.2, 0) is 0 Å². The van der Waals surface area contributed by atoms with Gasteiger partial charge < -0.3 is 10.8 Å². The average Bonchev–Trinajstić information content (AvgIpc) is 2.74. The maximum absolute atomic E-state index is 10.6. The summed E-state index contributed by atoms with van der Waals surface area (Å²) in [5.41, 5.74) is 6.62. The minimum absolute atomic E-state index is 0.155. The van der Waals surface area contributed by atoms with Gasteiger partial charge in [0.25, 0.3) is 0 Å². The Bertz CT molecular complexity index is 379. The van der Waals surface area contributed by atoms with Crippen molar-refractivity contribution in [2.45, 2.75) is 45.6 Å². The third kappa shape index (κ3) is 2.54. The standard InChI is InChI=1S/C13H22N2OS/c1-9-4-3-5-13(6-9,8-14)12(16)11-7-17-10(2)15-11/h7,9,12,16H,3-6,8,14H2,1-2H3. The molecule has 0 bridgehead atoms. The van der Waals surface area contributed by atoms with Gasteiger partial charge in [0.2, 0.25) is 0 Å². The molecule has 1 aliphatic rings. The smallest absolute Gasteiger partial charge is 0.104 e. The summed E-state index contributed by atoms with van der Waals surface area (Å²) in [6, 6.07) is 0. The molecule has 17 heavy (non-hydrogen) atoms. The number of thiazole rings is 1. The van der Waals surface area contributed by atoms with Gasteiger partial charge >= 0.3 is 0 Å². The first-order valence-corrected chi connectivity index (χ1v) is 7.25. The third-order valence-corrected chi connectivity index (χ3v) is 4.82. The highest BCUT2D eigenvalue weighted by atomic mass is 32.1. The lowest BCUT2D eigenvalue weighted by molar-refractivity contribution is -0.0153. The predicted molar refractivity (Wildman–Crippen MR) is 70.9 cm³/mol. The van der Waals surface area contributed by atoms with Crippen LogP contribution in [0.5, 0.6) is 0 Å². The van der Waals surface area contributed by atoms with Crippen molar-refractivity contribution in [1.82, 2.24) is 4.98 Å². The van der Waals surface area contributed by atoms with E-state index in [2.05, 4.69) is 11.9 Å². The SMILES string of the molecule is Cc1nc(C(O)C2(CN)CCCC(C)C2)cs1. The van der Waals surface area contributed by atoms with Crippen LogP contribution in [0.4, 0.5) is 0 Å². The Morgan fingerprint density at radius 3 is 3.00 bits per heavy atom. The summed E-state index contributed by atoms with van der Waals surface area (Å²) < 4.78 is 0. The quantitative estimate of drug-likeness (QED) is 0.871. The van der Waals surface area contributed by atoms with Gasteiger partial charge in [0, 0.05) is 17.3 Å². The number of nitrogens with zero attached hydrogens (tertiary/aromatic N) is 1. The first kappa shape index (κ1) is 13.0.